The average Bonchev–Trinajstić information content (AvgIpc) is 2.73. The molecule has 2 rings (SSSR count). The summed E-state index contributed by atoms with van der Waals surface area (Å²) in [5.41, 5.74) is -0.734. The van der Waals surface area contributed by atoms with E-state index in [1.165, 1.54) is 0 Å². The van der Waals surface area contributed by atoms with Crippen molar-refractivity contribution in [2.75, 3.05) is 13.1 Å². The number of β-amino-alcohol motifs (C(OH)–C–C–N with tert-alkyl or cyclic N) is 1. The summed E-state index contributed by atoms with van der Waals surface area (Å²) in [5.74, 6) is 0. The summed E-state index contributed by atoms with van der Waals surface area (Å²) in [4.78, 5) is 17.4. The fourth-order valence-electron chi connectivity index (χ4n) is 2.17. The lowest BCUT2D eigenvalue weighted by Crippen LogP contribution is -2.38. The van der Waals surface area contributed by atoms with E-state index >= 15 is 0 Å². The second kappa shape index (κ2) is 4.81. The van der Waals surface area contributed by atoms with Gasteiger partial charge in [-0.15, -0.1) is 0 Å². The summed E-state index contributed by atoms with van der Waals surface area (Å²) in [5, 5.41) is 10.6. The molecule has 1 unspecified atom stereocenters. The van der Waals surface area contributed by atoms with Crippen molar-refractivity contribution in [1.29, 1.82) is 0 Å². The molecule has 1 aliphatic heterocycles. The summed E-state index contributed by atoms with van der Waals surface area (Å²) in [6.45, 7) is 6.24. The van der Waals surface area contributed by atoms with Crippen LogP contribution >= 0.6 is 0 Å². The number of aromatic nitrogens is 1. The minimum Gasteiger partial charge on any atom is -0.444 e. The van der Waals surface area contributed by atoms with Crippen LogP contribution in [-0.4, -0.2) is 39.8 Å². The number of carbonyl (C=O) groups excluding carboxylic acids is 1. The first-order valence-corrected chi connectivity index (χ1v) is 6.41. The molecule has 0 saturated carbocycles. The molecule has 1 atom stereocenters. The van der Waals surface area contributed by atoms with Gasteiger partial charge < -0.3 is 14.7 Å². The van der Waals surface area contributed by atoms with E-state index in [2.05, 4.69) is 4.98 Å². The van der Waals surface area contributed by atoms with Gasteiger partial charge in [0.05, 0.1) is 6.54 Å². The zero-order valence-electron chi connectivity index (χ0n) is 11.6. The topological polar surface area (TPSA) is 62.7 Å². The molecule has 2 heterocycles. The third-order valence-corrected chi connectivity index (χ3v) is 3.12. The number of likely N-dealkylation sites (tertiary alicyclic amines) is 1. The van der Waals surface area contributed by atoms with Gasteiger partial charge in [0.25, 0.3) is 0 Å². The molecule has 0 radical (unpaired) electrons. The molecule has 0 aliphatic carbocycles. The highest BCUT2D eigenvalue weighted by molar-refractivity contribution is 5.68. The lowest BCUT2D eigenvalue weighted by molar-refractivity contribution is 0.0140. The number of amides is 1. The van der Waals surface area contributed by atoms with Crippen molar-refractivity contribution in [1.82, 2.24) is 9.88 Å². The van der Waals surface area contributed by atoms with Crippen molar-refractivity contribution in [2.24, 2.45) is 0 Å². The van der Waals surface area contributed by atoms with E-state index in [0.29, 0.717) is 13.0 Å². The number of hydrogen-bond donors (Lipinski definition) is 1. The Balaban J connectivity index is 2.06. The summed E-state index contributed by atoms with van der Waals surface area (Å²) in [6, 6.07) is 3.55. The molecule has 1 N–H and O–H groups in total. The lowest BCUT2D eigenvalue weighted by Gasteiger charge is -2.26. The Kier molecular flexibility index (Phi) is 3.49. The van der Waals surface area contributed by atoms with Crippen molar-refractivity contribution in [2.45, 2.75) is 38.4 Å². The number of carbonyl (C=O) groups is 1. The van der Waals surface area contributed by atoms with Crippen LogP contribution in [0.2, 0.25) is 0 Å². The van der Waals surface area contributed by atoms with Crippen LogP contribution in [0.15, 0.2) is 24.5 Å². The van der Waals surface area contributed by atoms with E-state index < -0.39 is 11.2 Å². The molecule has 1 aromatic rings. The van der Waals surface area contributed by atoms with Crippen LogP contribution in [-0.2, 0) is 10.3 Å². The number of rotatable bonds is 1. The smallest absolute Gasteiger partial charge is 0.410 e. The van der Waals surface area contributed by atoms with Gasteiger partial charge in [-0.05, 0) is 44.9 Å². The molecular weight excluding hydrogens is 244 g/mol. The molecule has 19 heavy (non-hydrogen) atoms. The van der Waals surface area contributed by atoms with Gasteiger partial charge in [0.15, 0.2) is 0 Å². The summed E-state index contributed by atoms with van der Waals surface area (Å²) in [6.07, 6.45) is 3.42. The Morgan fingerprint density at radius 2 is 2.05 bits per heavy atom. The monoisotopic (exact) mass is 264 g/mol. The highest BCUT2D eigenvalue weighted by Crippen LogP contribution is 2.32. The second-order valence-corrected chi connectivity index (χ2v) is 5.92. The first kappa shape index (κ1) is 13.8. The molecule has 0 aromatic carbocycles. The molecule has 1 aromatic heterocycles. The van der Waals surface area contributed by atoms with E-state index in [-0.39, 0.29) is 12.6 Å². The van der Waals surface area contributed by atoms with E-state index in [0.717, 1.165) is 5.56 Å². The van der Waals surface area contributed by atoms with E-state index in [9.17, 15) is 9.90 Å². The van der Waals surface area contributed by atoms with Crippen LogP contribution < -0.4 is 0 Å². The Labute approximate surface area is 113 Å². The maximum absolute atomic E-state index is 12.0. The second-order valence-electron chi connectivity index (χ2n) is 5.92. The van der Waals surface area contributed by atoms with Crippen molar-refractivity contribution < 1.29 is 14.6 Å². The fourth-order valence-corrected chi connectivity index (χ4v) is 2.17. The zero-order valence-corrected chi connectivity index (χ0v) is 11.6. The molecule has 1 amide bonds. The van der Waals surface area contributed by atoms with Gasteiger partial charge in [-0.2, -0.15) is 0 Å². The van der Waals surface area contributed by atoms with Gasteiger partial charge in [0.2, 0.25) is 0 Å². The number of nitrogens with zero attached hydrogens (tertiary/aromatic N) is 2. The van der Waals surface area contributed by atoms with Crippen LogP contribution in [0.25, 0.3) is 0 Å². The Bertz CT molecular complexity index is 456. The van der Waals surface area contributed by atoms with Gasteiger partial charge >= 0.3 is 6.09 Å². The van der Waals surface area contributed by atoms with Crippen LogP contribution in [0.3, 0.4) is 0 Å². The Morgan fingerprint density at radius 3 is 2.63 bits per heavy atom. The van der Waals surface area contributed by atoms with Crippen LogP contribution in [0.1, 0.15) is 32.8 Å². The fraction of sp³-hybridized carbons (Fsp3) is 0.571. The van der Waals surface area contributed by atoms with Crippen molar-refractivity contribution >= 4 is 6.09 Å². The quantitative estimate of drug-likeness (QED) is 0.841. The van der Waals surface area contributed by atoms with Gasteiger partial charge in [-0.3, -0.25) is 4.98 Å². The maximum atomic E-state index is 12.0. The van der Waals surface area contributed by atoms with E-state index in [1.807, 2.05) is 20.8 Å². The molecule has 5 nitrogen and oxygen atoms in total. The van der Waals surface area contributed by atoms with Crippen molar-refractivity contribution in [3.63, 3.8) is 0 Å². The first-order valence-electron chi connectivity index (χ1n) is 6.41. The first-order chi connectivity index (χ1) is 8.80. The lowest BCUT2D eigenvalue weighted by atomic mass is 9.94. The zero-order chi connectivity index (χ0) is 14.1. The molecule has 1 fully saturated rings. The van der Waals surface area contributed by atoms with Crippen LogP contribution in [0.5, 0.6) is 0 Å². The summed E-state index contributed by atoms with van der Waals surface area (Å²) in [7, 11) is 0. The standard InChI is InChI=1S/C14H20N2O3/c1-13(2,3)19-12(17)16-9-6-14(18,10-16)11-4-7-15-8-5-11/h4-5,7-8,18H,6,9-10H2,1-3H3. The van der Waals surface area contributed by atoms with Crippen LogP contribution in [0, 0.1) is 0 Å². The molecule has 104 valence electrons. The van der Waals surface area contributed by atoms with E-state index in [1.54, 1.807) is 29.4 Å². The Hall–Kier alpha value is -1.62. The normalized spacial score (nSPS) is 23.5. The number of pyridine rings is 1. The highest BCUT2D eigenvalue weighted by atomic mass is 16.6. The molecule has 1 saturated heterocycles. The molecule has 0 spiro atoms. The van der Waals surface area contributed by atoms with Gasteiger partial charge in [0, 0.05) is 18.9 Å². The highest BCUT2D eigenvalue weighted by Gasteiger charge is 2.40. The SMILES string of the molecule is CC(C)(C)OC(=O)N1CCC(O)(c2ccncc2)C1. The number of aliphatic hydroxyl groups is 1. The minimum absolute atomic E-state index is 0.256. The van der Waals surface area contributed by atoms with Crippen LogP contribution in [0.4, 0.5) is 4.79 Å². The predicted molar refractivity (Wildman–Crippen MR) is 70.6 cm³/mol. The van der Waals surface area contributed by atoms with Crippen molar-refractivity contribution in [3.05, 3.63) is 30.1 Å². The minimum atomic E-state index is -1.00. The van der Waals surface area contributed by atoms with Gasteiger partial charge in [0.1, 0.15) is 11.2 Å². The summed E-state index contributed by atoms with van der Waals surface area (Å²) < 4.78 is 5.31. The molecule has 1 aliphatic rings. The Morgan fingerprint density at radius 1 is 1.42 bits per heavy atom. The van der Waals surface area contributed by atoms with Gasteiger partial charge in [-0.1, -0.05) is 0 Å². The maximum Gasteiger partial charge on any atom is 0.410 e. The number of hydrogen-bond acceptors (Lipinski definition) is 4. The third kappa shape index (κ3) is 3.23. The predicted octanol–water partition coefficient (Wildman–Crippen LogP) is 1.91. The third-order valence-electron chi connectivity index (χ3n) is 3.12. The summed E-state index contributed by atoms with van der Waals surface area (Å²) >= 11 is 0. The largest absolute Gasteiger partial charge is 0.444 e. The molecular formula is C14H20N2O3. The van der Waals surface area contributed by atoms with E-state index in [4.69, 9.17) is 4.74 Å². The van der Waals surface area contributed by atoms with Crippen molar-refractivity contribution in [3.8, 4) is 0 Å². The average molecular weight is 264 g/mol. The molecule has 5 heteroatoms. The molecule has 0 bridgehead atoms. The number of ether oxygens (including phenoxy) is 1. The van der Waals surface area contributed by atoms with Gasteiger partial charge in [-0.25, -0.2) is 4.79 Å².